The number of pyridine rings is 2. The number of carbonyl (C=O) groups is 1. The van der Waals surface area contributed by atoms with Gasteiger partial charge in [-0.05, 0) is 25.1 Å². The summed E-state index contributed by atoms with van der Waals surface area (Å²) in [6.07, 6.45) is 3.01. The minimum Gasteiger partial charge on any atom is -0.481 e. The van der Waals surface area contributed by atoms with E-state index in [0.29, 0.717) is 22.9 Å². The number of amides is 2. The largest absolute Gasteiger partial charge is 0.481 e. The van der Waals surface area contributed by atoms with Crippen LogP contribution in [0.25, 0.3) is 16.9 Å². The summed E-state index contributed by atoms with van der Waals surface area (Å²) in [4.78, 5) is 39.9. The van der Waals surface area contributed by atoms with Crippen molar-refractivity contribution in [2.24, 2.45) is 0 Å². The maximum Gasteiger partial charge on any atom is 0.324 e. The van der Waals surface area contributed by atoms with Gasteiger partial charge >= 0.3 is 6.03 Å². The number of methoxy groups -OCH3 is 1. The number of hydrogen-bond acceptors (Lipinski definition) is 8. The second kappa shape index (κ2) is 10.7. The summed E-state index contributed by atoms with van der Waals surface area (Å²) < 4.78 is 27.5. The van der Waals surface area contributed by atoms with Gasteiger partial charge in [-0.25, -0.2) is 28.8 Å². The van der Waals surface area contributed by atoms with Gasteiger partial charge in [0.25, 0.3) is 5.56 Å². The van der Waals surface area contributed by atoms with E-state index in [-0.39, 0.29) is 39.5 Å². The normalized spacial score (nSPS) is 11.4. The van der Waals surface area contributed by atoms with Gasteiger partial charge in [-0.2, -0.15) is 5.10 Å². The molecule has 0 saturated heterocycles. The first-order chi connectivity index (χ1) is 19.5. The number of nitrogens with zero attached hydrogens (tertiary/aromatic N) is 5. The van der Waals surface area contributed by atoms with Crippen molar-refractivity contribution in [2.75, 3.05) is 17.7 Å². The van der Waals surface area contributed by atoms with Crippen LogP contribution in [0.5, 0.6) is 17.4 Å². The van der Waals surface area contributed by atoms with Crippen molar-refractivity contribution in [3.8, 4) is 23.1 Å². The molecule has 3 N–H and O–H groups in total. The molecule has 0 atom stereocenters. The molecule has 0 aliphatic rings. The Bertz CT molecular complexity index is 1810. The number of H-pyrrole nitrogens is 1. The third kappa shape index (κ3) is 5.83. The van der Waals surface area contributed by atoms with Gasteiger partial charge in [-0.3, -0.25) is 10.1 Å². The van der Waals surface area contributed by atoms with Crippen molar-refractivity contribution in [3.63, 3.8) is 0 Å². The molecule has 0 fully saturated rings. The second-order valence-corrected chi connectivity index (χ2v) is 10.1. The number of aryl methyl sites for hydroxylation is 1. The lowest BCUT2D eigenvalue weighted by molar-refractivity contribution is 0.262. The molecule has 0 saturated carbocycles. The number of aromatic amines is 1. The number of nitrogens with one attached hydrogen (secondary N) is 3. The molecule has 4 aromatic heterocycles. The Labute approximate surface area is 233 Å². The van der Waals surface area contributed by atoms with Gasteiger partial charge in [0.05, 0.1) is 30.4 Å². The average molecular weight is 559 g/mol. The smallest absolute Gasteiger partial charge is 0.324 e. The van der Waals surface area contributed by atoms with Gasteiger partial charge in [0.2, 0.25) is 5.88 Å². The van der Waals surface area contributed by atoms with Gasteiger partial charge < -0.3 is 19.8 Å². The zero-order valence-electron chi connectivity index (χ0n) is 22.9. The number of urea groups is 1. The molecular formula is C28H27FN8O4. The molecule has 2 amide bonds. The summed E-state index contributed by atoms with van der Waals surface area (Å²) in [5.74, 6) is 0.516. The van der Waals surface area contributed by atoms with Crippen LogP contribution in [0, 0.1) is 12.7 Å². The standard InChI is InChI=1S/C28H27FN8O4/c1-15-26(38)35-25-24(32-15)20(10-11-30-25)41-17-7-8-19(18(29)12-17)33-27(39)34-22-13-21(28(2,3)4)36-37(22)16-6-9-23(40-5)31-14-16/h6-14H,1-5H3,(H,30,35,38)(H2,33,34,39). The van der Waals surface area contributed by atoms with E-state index in [0.717, 1.165) is 11.8 Å². The van der Waals surface area contributed by atoms with Crippen LogP contribution in [-0.2, 0) is 5.41 Å². The van der Waals surface area contributed by atoms with Gasteiger partial charge in [-0.15, -0.1) is 0 Å². The van der Waals surface area contributed by atoms with E-state index in [2.05, 4.69) is 35.7 Å². The van der Waals surface area contributed by atoms with Crippen LogP contribution in [0.2, 0.25) is 0 Å². The number of fused-ring (bicyclic) bond motifs is 1. The van der Waals surface area contributed by atoms with Gasteiger partial charge in [0.15, 0.2) is 11.4 Å². The van der Waals surface area contributed by atoms with Crippen LogP contribution in [0.3, 0.4) is 0 Å². The Morgan fingerprint density at radius 2 is 1.88 bits per heavy atom. The number of aromatic nitrogens is 6. The SMILES string of the molecule is COc1ccc(-n2nc(C(C)(C)C)cc2NC(=O)Nc2ccc(Oc3ccnc4[nH]c(=O)c(C)nc34)cc2F)cn1. The Morgan fingerprint density at radius 1 is 1.07 bits per heavy atom. The number of hydrogen-bond donors (Lipinski definition) is 3. The van der Waals surface area contributed by atoms with Crippen LogP contribution < -0.4 is 25.7 Å². The lowest BCUT2D eigenvalue weighted by atomic mass is 9.92. The average Bonchev–Trinajstić information content (AvgIpc) is 3.35. The Balaban J connectivity index is 1.35. The van der Waals surface area contributed by atoms with E-state index in [4.69, 9.17) is 9.47 Å². The molecule has 0 radical (unpaired) electrons. The first-order valence-electron chi connectivity index (χ1n) is 12.5. The maximum absolute atomic E-state index is 15.0. The summed E-state index contributed by atoms with van der Waals surface area (Å²) in [5, 5.41) is 9.90. The Morgan fingerprint density at radius 3 is 2.56 bits per heavy atom. The highest BCUT2D eigenvalue weighted by Gasteiger charge is 2.22. The van der Waals surface area contributed by atoms with Crippen molar-refractivity contribution >= 4 is 28.7 Å². The predicted molar refractivity (Wildman–Crippen MR) is 151 cm³/mol. The first kappa shape index (κ1) is 27.2. The third-order valence-electron chi connectivity index (χ3n) is 6.04. The summed E-state index contributed by atoms with van der Waals surface area (Å²) >= 11 is 0. The van der Waals surface area contributed by atoms with Crippen LogP contribution in [-0.4, -0.2) is 42.9 Å². The molecule has 1 aromatic carbocycles. The van der Waals surface area contributed by atoms with Crippen molar-refractivity contribution in [1.29, 1.82) is 0 Å². The molecule has 0 bridgehead atoms. The number of ether oxygens (including phenoxy) is 2. The molecular weight excluding hydrogens is 531 g/mol. The van der Waals surface area contributed by atoms with Crippen molar-refractivity contribution < 1.29 is 18.7 Å². The number of benzene rings is 1. The topological polar surface area (TPSA) is 149 Å². The molecule has 5 rings (SSSR count). The van der Waals surface area contributed by atoms with E-state index < -0.39 is 11.8 Å². The van der Waals surface area contributed by atoms with Crippen molar-refractivity contribution in [2.45, 2.75) is 33.1 Å². The van der Waals surface area contributed by atoms with Crippen LogP contribution >= 0.6 is 0 Å². The zero-order chi connectivity index (χ0) is 29.3. The molecule has 0 aliphatic heterocycles. The lowest BCUT2D eigenvalue weighted by Gasteiger charge is -2.14. The second-order valence-electron chi connectivity index (χ2n) is 10.1. The molecule has 12 nitrogen and oxygen atoms in total. The summed E-state index contributed by atoms with van der Waals surface area (Å²) in [7, 11) is 1.52. The molecule has 210 valence electrons. The van der Waals surface area contributed by atoms with E-state index in [1.165, 1.54) is 25.4 Å². The number of carbonyl (C=O) groups excluding carboxylic acids is 1. The highest BCUT2D eigenvalue weighted by Crippen LogP contribution is 2.30. The molecule has 13 heteroatoms. The zero-order valence-corrected chi connectivity index (χ0v) is 22.9. The fraction of sp³-hybridized carbons (Fsp3) is 0.214. The van der Waals surface area contributed by atoms with Crippen molar-refractivity contribution in [3.05, 3.63) is 82.4 Å². The number of anilines is 2. The predicted octanol–water partition coefficient (Wildman–Crippen LogP) is 5.09. The van der Waals surface area contributed by atoms with E-state index in [9.17, 15) is 9.59 Å². The highest BCUT2D eigenvalue weighted by molar-refractivity contribution is 5.99. The highest BCUT2D eigenvalue weighted by atomic mass is 19.1. The molecule has 5 aromatic rings. The molecule has 0 aliphatic carbocycles. The quantitative estimate of drug-likeness (QED) is 0.261. The van der Waals surface area contributed by atoms with Gasteiger partial charge in [-0.1, -0.05) is 20.8 Å². The fourth-order valence-corrected chi connectivity index (χ4v) is 3.84. The lowest BCUT2D eigenvalue weighted by Crippen LogP contribution is -2.22. The number of halogens is 1. The van der Waals surface area contributed by atoms with Crippen LogP contribution in [0.4, 0.5) is 20.7 Å². The summed E-state index contributed by atoms with van der Waals surface area (Å²) in [5.41, 5.74) is 1.41. The molecule has 41 heavy (non-hydrogen) atoms. The van der Waals surface area contributed by atoms with Crippen LogP contribution in [0.1, 0.15) is 32.2 Å². The van der Waals surface area contributed by atoms with Crippen molar-refractivity contribution in [1.82, 2.24) is 29.7 Å². The molecule has 0 unspecified atom stereocenters. The van der Waals surface area contributed by atoms with E-state index in [1.54, 1.807) is 42.1 Å². The Hall–Kier alpha value is -5.33. The van der Waals surface area contributed by atoms with Gasteiger partial charge in [0, 0.05) is 35.9 Å². The maximum atomic E-state index is 15.0. The summed E-state index contributed by atoms with van der Waals surface area (Å²) in [6, 6.07) is 10.1. The van der Waals surface area contributed by atoms with E-state index >= 15 is 4.39 Å². The minimum absolute atomic E-state index is 0.0686. The van der Waals surface area contributed by atoms with E-state index in [1.807, 2.05) is 20.8 Å². The van der Waals surface area contributed by atoms with Crippen LogP contribution in [0.15, 0.2) is 59.7 Å². The Kier molecular flexibility index (Phi) is 7.10. The minimum atomic E-state index is -0.725. The summed E-state index contributed by atoms with van der Waals surface area (Å²) in [6.45, 7) is 7.56. The monoisotopic (exact) mass is 558 g/mol. The number of rotatable bonds is 6. The molecule has 4 heterocycles. The first-order valence-corrected chi connectivity index (χ1v) is 12.5. The third-order valence-corrected chi connectivity index (χ3v) is 6.04. The fourth-order valence-electron chi connectivity index (χ4n) is 3.84. The van der Waals surface area contributed by atoms with Gasteiger partial charge in [0.1, 0.15) is 28.6 Å². The molecule has 0 spiro atoms.